The molecule has 0 fully saturated rings. The van der Waals surface area contributed by atoms with Crippen LogP contribution in [0.15, 0.2) is 46.7 Å². The van der Waals surface area contributed by atoms with E-state index in [4.69, 9.17) is 0 Å². The van der Waals surface area contributed by atoms with Gasteiger partial charge in [0.1, 0.15) is 5.82 Å². The molecule has 0 bridgehead atoms. The Morgan fingerprint density at radius 2 is 1.90 bits per heavy atom. The largest absolute Gasteiger partial charge is 0.356 e. The second-order valence-electron chi connectivity index (χ2n) is 6.22. The van der Waals surface area contributed by atoms with Gasteiger partial charge in [0.2, 0.25) is 15.9 Å². The third-order valence-corrected chi connectivity index (χ3v) is 7.41. The molecule has 6 nitrogen and oxygen atoms in total. The molecule has 0 spiro atoms. The number of hydrogen-bond donors (Lipinski definition) is 2. The molecular formula is C19H20FN3O3S3. The van der Waals surface area contributed by atoms with E-state index in [0.717, 1.165) is 32.6 Å². The van der Waals surface area contributed by atoms with Crippen LogP contribution in [0.3, 0.4) is 0 Å². The van der Waals surface area contributed by atoms with E-state index in [9.17, 15) is 17.6 Å². The highest BCUT2D eigenvalue weighted by Gasteiger charge is 2.14. The van der Waals surface area contributed by atoms with Gasteiger partial charge in [0.05, 0.1) is 20.5 Å². The zero-order valence-electron chi connectivity index (χ0n) is 15.6. The zero-order chi connectivity index (χ0) is 20.9. The molecule has 1 aromatic carbocycles. The van der Waals surface area contributed by atoms with Gasteiger partial charge in [0, 0.05) is 29.8 Å². The lowest BCUT2D eigenvalue weighted by Gasteiger charge is -2.07. The molecule has 29 heavy (non-hydrogen) atoms. The first-order chi connectivity index (χ1) is 13.8. The lowest BCUT2D eigenvalue weighted by molar-refractivity contribution is -0.120. The van der Waals surface area contributed by atoms with Gasteiger partial charge in [0.15, 0.2) is 0 Å². The van der Waals surface area contributed by atoms with Crippen LogP contribution in [0, 0.1) is 12.7 Å². The van der Waals surface area contributed by atoms with Crippen molar-refractivity contribution in [3.8, 4) is 10.6 Å². The Labute approximate surface area is 176 Å². The van der Waals surface area contributed by atoms with E-state index >= 15 is 0 Å². The molecule has 2 heterocycles. The summed E-state index contributed by atoms with van der Waals surface area (Å²) >= 11 is 3.26. The fraction of sp³-hybridized carbons (Fsp3) is 0.263. The summed E-state index contributed by atoms with van der Waals surface area (Å²) in [7, 11) is -3.76. The number of rotatable bonds is 9. The molecule has 1 amide bonds. The number of halogens is 1. The van der Waals surface area contributed by atoms with Gasteiger partial charge in [0.25, 0.3) is 0 Å². The summed E-state index contributed by atoms with van der Waals surface area (Å²) in [5.74, 6) is -0.749. The van der Waals surface area contributed by atoms with Crippen LogP contribution in [0.4, 0.5) is 4.39 Å². The summed E-state index contributed by atoms with van der Waals surface area (Å²) in [6, 6.07) is 8.57. The number of thiophene rings is 1. The molecule has 0 saturated heterocycles. The van der Waals surface area contributed by atoms with Crippen molar-refractivity contribution in [2.75, 3.05) is 13.1 Å². The number of hydrogen-bond acceptors (Lipinski definition) is 6. The topological polar surface area (TPSA) is 88.2 Å². The Morgan fingerprint density at radius 1 is 1.14 bits per heavy atom. The lowest BCUT2D eigenvalue weighted by atomic mass is 10.3. The monoisotopic (exact) mass is 453 g/mol. The Bertz CT molecular complexity index is 1080. The van der Waals surface area contributed by atoms with Gasteiger partial charge >= 0.3 is 0 Å². The van der Waals surface area contributed by atoms with Crippen LogP contribution in [-0.2, 0) is 21.2 Å². The Hall–Kier alpha value is -2.14. The van der Waals surface area contributed by atoms with Crippen molar-refractivity contribution in [3.63, 3.8) is 0 Å². The lowest BCUT2D eigenvalue weighted by Crippen LogP contribution is -2.31. The zero-order valence-corrected chi connectivity index (χ0v) is 18.1. The molecule has 3 aromatic rings. The minimum atomic E-state index is -3.76. The molecule has 0 aliphatic carbocycles. The Morgan fingerprint density at radius 3 is 2.59 bits per heavy atom. The number of aromatic nitrogens is 1. The number of benzene rings is 1. The number of nitrogens with zero attached hydrogens (tertiary/aromatic N) is 1. The van der Waals surface area contributed by atoms with Gasteiger partial charge in [-0.3, -0.25) is 4.79 Å². The fourth-order valence-electron chi connectivity index (χ4n) is 2.54. The Balaban J connectivity index is 1.39. The molecule has 3 rings (SSSR count). The van der Waals surface area contributed by atoms with E-state index in [2.05, 4.69) is 15.0 Å². The smallest absolute Gasteiger partial charge is 0.240 e. The predicted molar refractivity (Wildman–Crippen MR) is 113 cm³/mol. The minimum Gasteiger partial charge on any atom is -0.356 e. The molecule has 154 valence electrons. The molecule has 0 aliphatic heterocycles. The second kappa shape index (κ2) is 9.57. The van der Waals surface area contributed by atoms with E-state index in [1.54, 1.807) is 22.7 Å². The Kier molecular flexibility index (Phi) is 7.12. The second-order valence-corrected chi connectivity index (χ2v) is 10.2. The van der Waals surface area contributed by atoms with Crippen molar-refractivity contribution in [1.82, 2.24) is 15.0 Å². The standard InChI is InChI=1S/C19H20FN3O3S3/c1-13-23-17(12-27-13)18-7-4-15(28-18)8-10-21-19(24)9-11-22-29(25,26)16-5-2-14(20)3-6-16/h2-7,12,22H,8-11H2,1H3,(H,21,24). The third kappa shape index (κ3) is 6.17. The first kappa shape index (κ1) is 21.6. The van der Waals surface area contributed by atoms with Gasteiger partial charge in [-0.2, -0.15) is 0 Å². The third-order valence-electron chi connectivity index (χ3n) is 3.99. The molecule has 2 aromatic heterocycles. The first-order valence-electron chi connectivity index (χ1n) is 8.86. The predicted octanol–water partition coefficient (Wildman–Crippen LogP) is 3.35. The van der Waals surface area contributed by atoms with Crippen LogP contribution in [-0.4, -0.2) is 32.4 Å². The highest BCUT2D eigenvalue weighted by molar-refractivity contribution is 7.89. The number of aryl methyl sites for hydroxylation is 1. The molecule has 10 heteroatoms. The number of thiazole rings is 1. The average molecular weight is 454 g/mol. The number of carbonyl (C=O) groups excluding carboxylic acids is 1. The van der Waals surface area contributed by atoms with Gasteiger partial charge in [-0.25, -0.2) is 22.5 Å². The SMILES string of the molecule is Cc1nc(-c2ccc(CCNC(=O)CCNS(=O)(=O)c3ccc(F)cc3)s2)cs1. The van der Waals surface area contributed by atoms with Crippen molar-refractivity contribution >= 4 is 38.6 Å². The van der Waals surface area contributed by atoms with Gasteiger partial charge < -0.3 is 5.32 Å². The van der Waals surface area contributed by atoms with Crippen molar-refractivity contribution in [3.05, 3.63) is 57.5 Å². The average Bonchev–Trinajstić information content (AvgIpc) is 3.31. The number of nitrogens with one attached hydrogen (secondary N) is 2. The maximum atomic E-state index is 12.9. The summed E-state index contributed by atoms with van der Waals surface area (Å²) in [5, 5.41) is 5.84. The van der Waals surface area contributed by atoms with Crippen LogP contribution in [0.5, 0.6) is 0 Å². The van der Waals surface area contributed by atoms with E-state index in [1.165, 1.54) is 12.1 Å². The van der Waals surface area contributed by atoms with Crippen molar-refractivity contribution in [2.24, 2.45) is 0 Å². The number of carbonyl (C=O) groups is 1. The van der Waals surface area contributed by atoms with Crippen LogP contribution in [0.1, 0.15) is 16.3 Å². The van der Waals surface area contributed by atoms with E-state index in [-0.39, 0.29) is 23.8 Å². The summed E-state index contributed by atoms with van der Waals surface area (Å²) in [5.41, 5.74) is 0.973. The quantitative estimate of drug-likeness (QED) is 0.520. The van der Waals surface area contributed by atoms with Crippen LogP contribution in [0.25, 0.3) is 10.6 Å². The highest BCUT2D eigenvalue weighted by atomic mass is 32.2. The molecule has 0 radical (unpaired) electrons. The normalized spacial score (nSPS) is 11.5. The number of sulfonamides is 1. The van der Waals surface area contributed by atoms with Crippen LogP contribution in [0.2, 0.25) is 0 Å². The molecule has 0 aliphatic rings. The molecule has 0 saturated carbocycles. The minimum absolute atomic E-state index is 0.0220. The van der Waals surface area contributed by atoms with Crippen molar-refractivity contribution in [2.45, 2.75) is 24.7 Å². The van der Waals surface area contributed by atoms with E-state index < -0.39 is 15.8 Å². The summed E-state index contributed by atoms with van der Waals surface area (Å²) in [4.78, 5) is 18.6. The molecule has 2 N–H and O–H groups in total. The van der Waals surface area contributed by atoms with Crippen LogP contribution < -0.4 is 10.0 Å². The van der Waals surface area contributed by atoms with Crippen molar-refractivity contribution < 1.29 is 17.6 Å². The van der Waals surface area contributed by atoms with Gasteiger partial charge in [-0.05, 0) is 49.7 Å². The number of amides is 1. The van der Waals surface area contributed by atoms with E-state index in [0.29, 0.717) is 13.0 Å². The summed E-state index contributed by atoms with van der Waals surface area (Å²) in [6.07, 6.45) is 0.717. The van der Waals surface area contributed by atoms with Gasteiger partial charge in [-0.1, -0.05) is 0 Å². The van der Waals surface area contributed by atoms with E-state index in [1.807, 2.05) is 24.4 Å². The maximum absolute atomic E-state index is 12.9. The summed E-state index contributed by atoms with van der Waals surface area (Å²) < 4.78 is 39.4. The van der Waals surface area contributed by atoms with Gasteiger partial charge in [-0.15, -0.1) is 22.7 Å². The summed E-state index contributed by atoms with van der Waals surface area (Å²) in [6.45, 7) is 2.41. The first-order valence-corrected chi connectivity index (χ1v) is 12.0. The maximum Gasteiger partial charge on any atom is 0.240 e. The fourth-order valence-corrected chi connectivity index (χ4v) is 5.22. The van der Waals surface area contributed by atoms with Crippen molar-refractivity contribution in [1.29, 1.82) is 0 Å². The molecular weight excluding hydrogens is 433 g/mol. The van der Waals surface area contributed by atoms with Crippen LogP contribution >= 0.6 is 22.7 Å². The molecule has 0 atom stereocenters. The highest BCUT2D eigenvalue weighted by Crippen LogP contribution is 2.29. The molecule has 0 unspecified atom stereocenters.